The van der Waals surface area contributed by atoms with Crippen molar-refractivity contribution in [3.05, 3.63) is 29.6 Å². The molecule has 7 heteroatoms. The van der Waals surface area contributed by atoms with Crippen molar-refractivity contribution in [1.29, 1.82) is 0 Å². The number of carbonyl (C=O) groups excluding carboxylic acids is 1. The zero-order valence-corrected chi connectivity index (χ0v) is 14.4. The second-order valence-corrected chi connectivity index (χ2v) is 7.25. The third-order valence-corrected chi connectivity index (χ3v) is 5.35. The van der Waals surface area contributed by atoms with Crippen LogP contribution in [0.2, 0.25) is 0 Å². The van der Waals surface area contributed by atoms with E-state index in [9.17, 15) is 4.79 Å². The maximum Gasteiger partial charge on any atom is 0.226 e. The molecule has 0 aromatic carbocycles. The molecule has 1 fully saturated rings. The van der Waals surface area contributed by atoms with Gasteiger partial charge in [0.25, 0.3) is 0 Å². The molecule has 2 aliphatic rings. The van der Waals surface area contributed by atoms with Crippen LogP contribution in [-0.4, -0.2) is 41.9 Å². The molecule has 128 valence electrons. The molecule has 24 heavy (non-hydrogen) atoms. The van der Waals surface area contributed by atoms with Gasteiger partial charge in [-0.05, 0) is 32.1 Å². The van der Waals surface area contributed by atoms with E-state index in [-0.39, 0.29) is 5.92 Å². The van der Waals surface area contributed by atoms with Crippen LogP contribution in [0.25, 0.3) is 0 Å². The van der Waals surface area contributed by atoms with E-state index in [1.54, 1.807) is 6.20 Å². The van der Waals surface area contributed by atoms with Crippen LogP contribution in [0.15, 0.2) is 12.5 Å². The van der Waals surface area contributed by atoms with Gasteiger partial charge in [-0.25, -0.2) is 9.67 Å². The molecule has 1 amide bonds. The van der Waals surface area contributed by atoms with Crippen LogP contribution < -0.4 is 0 Å². The second-order valence-electron chi connectivity index (χ2n) is 7.25. The highest BCUT2D eigenvalue weighted by molar-refractivity contribution is 5.79. The first-order valence-corrected chi connectivity index (χ1v) is 8.78. The molecule has 0 bridgehead atoms. The molecule has 2 aromatic rings. The first-order valence-electron chi connectivity index (χ1n) is 8.78. The minimum atomic E-state index is 0.232. The van der Waals surface area contributed by atoms with Crippen molar-refractivity contribution in [3.8, 4) is 0 Å². The van der Waals surface area contributed by atoms with Gasteiger partial charge in [-0.1, -0.05) is 12.1 Å². The Kier molecular flexibility index (Phi) is 3.86. The first-order chi connectivity index (χ1) is 11.6. The van der Waals surface area contributed by atoms with Gasteiger partial charge in [0.1, 0.15) is 0 Å². The number of fused-ring (bicyclic) bond motifs is 1. The van der Waals surface area contributed by atoms with E-state index < -0.39 is 0 Å². The molecule has 4 rings (SSSR count). The van der Waals surface area contributed by atoms with E-state index >= 15 is 0 Å². The quantitative estimate of drug-likeness (QED) is 0.858. The summed E-state index contributed by atoms with van der Waals surface area (Å²) in [7, 11) is 0. The van der Waals surface area contributed by atoms with Gasteiger partial charge in [-0.3, -0.25) is 4.79 Å². The molecule has 2 aromatic heterocycles. The lowest BCUT2D eigenvalue weighted by atomic mass is 9.75. The zero-order valence-electron chi connectivity index (χ0n) is 14.4. The maximum atomic E-state index is 12.8. The fraction of sp³-hybridized carbons (Fsp3) is 0.647. The Bertz CT molecular complexity index is 742. The third-order valence-electron chi connectivity index (χ3n) is 5.35. The SMILES string of the molecule is Cc1cnnn1Cc1ncn2c1CN(C(=O)C1CC(C)C1)CCC2. The van der Waals surface area contributed by atoms with Crippen LogP contribution >= 0.6 is 0 Å². The van der Waals surface area contributed by atoms with Crippen LogP contribution in [0.5, 0.6) is 0 Å². The highest BCUT2D eigenvalue weighted by atomic mass is 16.2. The standard InChI is InChI=1S/C17H24N6O/c1-12-6-14(7-12)17(24)21-4-3-5-22-11-18-15(16(22)10-21)9-23-13(2)8-19-20-23/h8,11-12,14H,3-7,9-10H2,1-2H3. The van der Waals surface area contributed by atoms with Gasteiger partial charge in [-0.2, -0.15) is 0 Å². The number of hydrogen-bond acceptors (Lipinski definition) is 4. The van der Waals surface area contributed by atoms with Crippen molar-refractivity contribution in [1.82, 2.24) is 29.4 Å². The third kappa shape index (κ3) is 2.72. The molecule has 1 aliphatic heterocycles. The average Bonchev–Trinajstić information content (AvgIpc) is 3.03. The number of aryl methyl sites for hydroxylation is 2. The van der Waals surface area contributed by atoms with E-state index in [1.807, 2.05) is 22.8 Å². The Morgan fingerprint density at radius 1 is 1.33 bits per heavy atom. The lowest BCUT2D eigenvalue weighted by Gasteiger charge is -2.35. The Morgan fingerprint density at radius 3 is 2.88 bits per heavy atom. The zero-order chi connectivity index (χ0) is 16.7. The van der Waals surface area contributed by atoms with Gasteiger partial charge >= 0.3 is 0 Å². The van der Waals surface area contributed by atoms with E-state index in [2.05, 4.69) is 26.8 Å². The van der Waals surface area contributed by atoms with Crippen molar-refractivity contribution < 1.29 is 4.79 Å². The summed E-state index contributed by atoms with van der Waals surface area (Å²) in [4.78, 5) is 19.4. The van der Waals surface area contributed by atoms with Gasteiger partial charge in [-0.15, -0.1) is 5.10 Å². The molecule has 1 saturated carbocycles. The molecule has 0 radical (unpaired) electrons. The predicted molar refractivity (Wildman–Crippen MR) is 88.0 cm³/mol. The van der Waals surface area contributed by atoms with Crippen molar-refractivity contribution in [2.45, 2.75) is 52.7 Å². The predicted octanol–water partition coefficient (Wildman–Crippen LogP) is 1.61. The number of nitrogens with zero attached hydrogens (tertiary/aromatic N) is 6. The topological polar surface area (TPSA) is 68.8 Å². The fourth-order valence-electron chi connectivity index (χ4n) is 3.81. The molecule has 0 spiro atoms. The first kappa shape index (κ1) is 15.4. The summed E-state index contributed by atoms with van der Waals surface area (Å²) >= 11 is 0. The number of carbonyl (C=O) groups is 1. The van der Waals surface area contributed by atoms with Gasteiger partial charge in [0.2, 0.25) is 5.91 Å². The van der Waals surface area contributed by atoms with Gasteiger partial charge in [0.05, 0.1) is 42.7 Å². The fourth-order valence-corrected chi connectivity index (χ4v) is 3.81. The largest absolute Gasteiger partial charge is 0.336 e. The Labute approximate surface area is 141 Å². The van der Waals surface area contributed by atoms with E-state index in [0.29, 0.717) is 24.9 Å². The number of hydrogen-bond donors (Lipinski definition) is 0. The van der Waals surface area contributed by atoms with Gasteiger partial charge < -0.3 is 9.47 Å². The number of amides is 1. The smallest absolute Gasteiger partial charge is 0.226 e. The summed E-state index contributed by atoms with van der Waals surface area (Å²) < 4.78 is 4.05. The summed E-state index contributed by atoms with van der Waals surface area (Å²) in [6.07, 6.45) is 6.72. The summed E-state index contributed by atoms with van der Waals surface area (Å²) in [6, 6.07) is 0. The second kappa shape index (κ2) is 6.03. The summed E-state index contributed by atoms with van der Waals surface area (Å²) in [5.74, 6) is 1.25. The number of aromatic nitrogens is 5. The van der Waals surface area contributed by atoms with Crippen LogP contribution in [0.1, 0.15) is 43.3 Å². The van der Waals surface area contributed by atoms with Crippen molar-refractivity contribution in [3.63, 3.8) is 0 Å². The van der Waals surface area contributed by atoms with Crippen molar-refractivity contribution in [2.24, 2.45) is 11.8 Å². The Hall–Kier alpha value is -2.18. The lowest BCUT2D eigenvalue weighted by Crippen LogP contribution is -2.41. The van der Waals surface area contributed by atoms with E-state index in [0.717, 1.165) is 49.4 Å². The molecule has 3 heterocycles. The highest BCUT2D eigenvalue weighted by Crippen LogP contribution is 2.35. The molecular formula is C17H24N6O. The molecule has 0 N–H and O–H groups in total. The Morgan fingerprint density at radius 2 is 2.17 bits per heavy atom. The van der Waals surface area contributed by atoms with Crippen molar-refractivity contribution in [2.75, 3.05) is 6.54 Å². The number of imidazole rings is 1. The van der Waals surface area contributed by atoms with Gasteiger partial charge in [0, 0.05) is 19.0 Å². The Balaban J connectivity index is 1.54. The molecule has 7 nitrogen and oxygen atoms in total. The average molecular weight is 328 g/mol. The minimum absolute atomic E-state index is 0.232. The maximum absolute atomic E-state index is 12.8. The van der Waals surface area contributed by atoms with Crippen LogP contribution in [0, 0.1) is 18.8 Å². The summed E-state index contributed by atoms with van der Waals surface area (Å²) in [6.45, 7) is 7.24. The number of rotatable bonds is 3. The molecule has 1 aliphatic carbocycles. The molecule has 0 atom stereocenters. The monoisotopic (exact) mass is 328 g/mol. The van der Waals surface area contributed by atoms with Crippen molar-refractivity contribution >= 4 is 5.91 Å². The van der Waals surface area contributed by atoms with E-state index in [1.165, 1.54) is 0 Å². The summed E-state index contributed by atoms with van der Waals surface area (Å²) in [5, 5.41) is 8.05. The molecule has 0 saturated heterocycles. The van der Waals surface area contributed by atoms with Crippen LogP contribution in [-0.2, 0) is 24.4 Å². The van der Waals surface area contributed by atoms with Gasteiger partial charge in [0.15, 0.2) is 0 Å². The summed E-state index contributed by atoms with van der Waals surface area (Å²) in [5.41, 5.74) is 3.15. The van der Waals surface area contributed by atoms with E-state index in [4.69, 9.17) is 0 Å². The molecule has 0 unspecified atom stereocenters. The lowest BCUT2D eigenvalue weighted by molar-refractivity contribution is -0.140. The highest BCUT2D eigenvalue weighted by Gasteiger charge is 2.35. The van der Waals surface area contributed by atoms with Crippen LogP contribution in [0.3, 0.4) is 0 Å². The molecular weight excluding hydrogens is 304 g/mol. The van der Waals surface area contributed by atoms with Crippen LogP contribution in [0.4, 0.5) is 0 Å². The normalized spacial score (nSPS) is 23.5. The minimum Gasteiger partial charge on any atom is -0.336 e.